The van der Waals surface area contributed by atoms with Crippen molar-refractivity contribution in [2.45, 2.75) is 34.1 Å². The summed E-state index contributed by atoms with van der Waals surface area (Å²) in [6.07, 6.45) is 9.92. The van der Waals surface area contributed by atoms with Gasteiger partial charge in [-0.05, 0) is 36.6 Å². The summed E-state index contributed by atoms with van der Waals surface area (Å²) in [6, 6.07) is 0. The first-order chi connectivity index (χ1) is 10.1. The standard InChI is InChI=1S/C19H19NO2/c1-17(2)14-7-9-18(3)8-6-12(21)10-15(18)19(14,4)11-13(20-5)16(17)22/h6-8,10-11H,9H2,1-4H3/t18-,19+/m1/s1. The Morgan fingerprint density at radius 1 is 1.14 bits per heavy atom. The van der Waals surface area contributed by atoms with Crippen LogP contribution in [0.25, 0.3) is 4.85 Å². The van der Waals surface area contributed by atoms with Gasteiger partial charge in [0.1, 0.15) is 0 Å². The fraction of sp³-hybridized carbons (Fsp3) is 0.421. The van der Waals surface area contributed by atoms with Crippen LogP contribution in [-0.2, 0) is 9.59 Å². The molecular formula is C19H19NO2. The van der Waals surface area contributed by atoms with Crippen LogP contribution in [0, 0.1) is 22.8 Å². The van der Waals surface area contributed by atoms with Crippen LogP contribution in [0.2, 0.25) is 0 Å². The van der Waals surface area contributed by atoms with Gasteiger partial charge in [-0.1, -0.05) is 39.0 Å². The summed E-state index contributed by atoms with van der Waals surface area (Å²) in [5, 5.41) is 0. The fourth-order valence-electron chi connectivity index (χ4n) is 4.23. The molecule has 2 atom stereocenters. The maximum Gasteiger partial charge on any atom is 0.227 e. The highest BCUT2D eigenvalue weighted by atomic mass is 16.1. The maximum atomic E-state index is 12.6. The van der Waals surface area contributed by atoms with Gasteiger partial charge in [0.05, 0.1) is 6.57 Å². The second kappa shape index (κ2) is 4.16. The first-order valence-corrected chi connectivity index (χ1v) is 7.47. The molecule has 0 fully saturated rings. The quantitative estimate of drug-likeness (QED) is 0.503. The number of hydrogen-bond donors (Lipinski definition) is 0. The first-order valence-electron chi connectivity index (χ1n) is 7.47. The van der Waals surface area contributed by atoms with Crippen molar-refractivity contribution >= 4 is 11.6 Å². The van der Waals surface area contributed by atoms with Crippen LogP contribution < -0.4 is 0 Å². The molecule has 0 unspecified atom stereocenters. The van der Waals surface area contributed by atoms with E-state index < -0.39 is 10.8 Å². The molecule has 22 heavy (non-hydrogen) atoms. The molecule has 0 amide bonds. The molecule has 0 aromatic carbocycles. The Morgan fingerprint density at radius 3 is 2.45 bits per heavy atom. The van der Waals surface area contributed by atoms with Crippen molar-refractivity contribution < 1.29 is 9.59 Å². The second-order valence-corrected chi connectivity index (χ2v) is 7.33. The molecule has 0 saturated carbocycles. The van der Waals surface area contributed by atoms with Crippen LogP contribution in [0.3, 0.4) is 0 Å². The van der Waals surface area contributed by atoms with Crippen molar-refractivity contribution in [3.05, 3.63) is 58.6 Å². The van der Waals surface area contributed by atoms with E-state index in [1.165, 1.54) is 0 Å². The molecule has 0 bridgehead atoms. The zero-order valence-corrected chi connectivity index (χ0v) is 13.4. The molecule has 0 aromatic rings. The van der Waals surface area contributed by atoms with Gasteiger partial charge in [-0.25, -0.2) is 4.85 Å². The zero-order chi connectivity index (χ0) is 16.3. The highest BCUT2D eigenvalue weighted by Crippen LogP contribution is 2.60. The van der Waals surface area contributed by atoms with Crippen molar-refractivity contribution in [1.29, 1.82) is 0 Å². The van der Waals surface area contributed by atoms with Crippen molar-refractivity contribution in [1.82, 2.24) is 0 Å². The molecule has 0 heterocycles. The average Bonchev–Trinajstić information content (AvgIpc) is 2.45. The molecule has 3 aliphatic rings. The van der Waals surface area contributed by atoms with Gasteiger partial charge in [-0.2, -0.15) is 0 Å². The molecule has 112 valence electrons. The minimum atomic E-state index is -0.713. The van der Waals surface area contributed by atoms with E-state index in [1.807, 2.05) is 26.8 Å². The summed E-state index contributed by atoms with van der Waals surface area (Å²) < 4.78 is 0. The SMILES string of the molecule is [C-]#[N+]C1=C[C@@]2(C)C(=CC[C@@]3(C)C=CC(=O)C=C23)C(C)(C)C1=O. The van der Waals surface area contributed by atoms with Gasteiger partial charge in [0, 0.05) is 16.2 Å². The van der Waals surface area contributed by atoms with Crippen LogP contribution >= 0.6 is 0 Å². The van der Waals surface area contributed by atoms with E-state index >= 15 is 0 Å². The molecule has 3 heteroatoms. The van der Waals surface area contributed by atoms with E-state index in [4.69, 9.17) is 6.57 Å². The smallest absolute Gasteiger partial charge is 0.227 e. The number of nitrogens with zero attached hydrogens (tertiary/aromatic N) is 1. The molecule has 0 saturated heterocycles. The summed E-state index contributed by atoms with van der Waals surface area (Å²) >= 11 is 0. The summed E-state index contributed by atoms with van der Waals surface area (Å²) in [7, 11) is 0. The van der Waals surface area contributed by atoms with E-state index in [0.29, 0.717) is 0 Å². The van der Waals surface area contributed by atoms with Crippen LogP contribution in [0.5, 0.6) is 0 Å². The average molecular weight is 293 g/mol. The fourth-order valence-corrected chi connectivity index (χ4v) is 4.23. The Hall–Kier alpha value is -2.21. The number of ketones is 2. The minimum Gasteiger partial charge on any atom is -0.307 e. The Balaban J connectivity index is 2.33. The van der Waals surface area contributed by atoms with Gasteiger partial charge in [0.25, 0.3) is 0 Å². The lowest BCUT2D eigenvalue weighted by atomic mass is 9.51. The monoisotopic (exact) mass is 293 g/mol. The predicted octanol–water partition coefficient (Wildman–Crippen LogP) is 3.81. The number of Topliss-reactive ketones (excluding diaryl/α,β-unsaturated/α-hetero) is 1. The third-order valence-electron chi connectivity index (χ3n) is 5.39. The Morgan fingerprint density at radius 2 is 1.82 bits per heavy atom. The minimum absolute atomic E-state index is 0.0255. The van der Waals surface area contributed by atoms with Crippen LogP contribution in [-0.4, -0.2) is 11.6 Å². The number of hydrogen-bond acceptors (Lipinski definition) is 2. The van der Waals surface area contributed by atoms with E-state index in [9.17, 15) is 9.59 Å². The van der Waals surface area contributed by atoms with Crippen LogP contribution in [0.15, 0.2) is 47.2 Å². The summed E-state index contributed by atoms with van der Waals surface area (Å²) in [6.45, 7) is 15.2. The Labute approximate surface area is 130 Å². The lowest BCUT2D eigenvalue weighted by molar-refractivity contribution is -0.122. The molecule has 3 rings (SSSR count). The topological polar surface area (TPSA) is 38.5 Å². The lowest BCUT2D eigenvalue weighted by Crippen LogP contribution is -2.46. The summed E-state index contributed by atoms with van der Waals surface area (Å²) in [4.78, 5) is 27.9. The van der Waals surface area contributed by atoms with E-state index in [-0.39, 0.29) is 22.7 Å². The third kappa shape index (κ3) is 1.67. The second-order valence-electron chi connectivity index (χ2n) is 7.33. The molecule has 0 N–H and O–H groups in total. The highest BCUT2D eigenvalue weighted by molar-refractivity contribution is 6.06. The number of carbonyl (C=O) groups is 2. The van der Waals surface area contributed by atoms with Gasteiger partial charge < -0.3 is 4.79 Å². The molecule has 3 nitrogen and oxygen atoms in total. The van der Waals surface area contributed by atoms with Gasteiger partial charge >= 0.3 is 0 Å². The van der Waals surface area contributed by atoms with Crippen molar-refractivity contribution in [3.8, 4) is 0 Å². The van der Waals surface area contributed by atoms with Crippen LogP contribution in [0.4, 0.5) is 0 Å². The van der Waals surface area contributed by atoms with E-state index in [0.717, 1.165) is 17.6 Å². The van der Waals surface area contributed by atoms with Gasteiger partial charge in [-0.15, -0.1) is 0 Å². The molecule has 0 radical (unpaired) electrons. The number of fused-ring (bicyclic) bond motifs is 3. The molecule has 0 aliphatic heterocycles. The van der Waals surface area contributed by atoms with E-state index in [2.05, 4.69) is 17.8 Å². The third-order valence-corrected chi connectivity index (χ3v) is 5.39. The first kappa shape index (κ1) is 14.7. The Bertz CT molecular complexity index is 770. The zero-order valence-electron chi connectivity index (χ0n) is 13.4. The summed E-state index contributed by atoms with van der Waals surface area (Å²) in [5.41, 5.74) is 0.681. The van der Waals surface area contributed by atoms with Gasteiger partial charge in [0.2, 0.25) is 5.70 Å². The Kier molecular flexibility index (Phi) is 2.79. The van der Waals surface area contributed by atoms with Crippen LogP contribution in [0.1, 0.15) is 34.1 Å². The molecule has 3 aliphatic carbocycles. The lowest BCUT2D eigenvalue weighted by Gasteiger charge is -2.52. The molecular weight excluding hydrogens is 274 g/mol. The van der Waals surface area contributed by atoms with Crippen molar-refractivity contribution in [2.75, 3.05) is 0 Å². The summed E-state index contributed by atoms with van der Waals surface area (Å²) in [5.74, 6) is -0.157. The molecule has 0 aromatic heterocycles. The van der Waals surface area contributed by atoms with Gasteiger partial charge in [0.15, 0.2) is 11.6 Å². The van der Waals surface area contributed by atoms with Crippen molar-refractivity contribution in [3.63, 3.8) is 0 Å². The maximum absolute atomic E-state index is 12.6. The largest absolute Gasteiger partial charge is 0.307 e. The number of carbonyl (C=O) groups excluding carboxylic acids is 2. The van der Waals surface area contributed by atoms with Crippen molar-refractivity contribution in [2.24, 2.45) is 16.2 Å². The van der Waals surface area contributed by atoms with E-state index in [1.54, 1.807) is 18.2 Å². The molecule has 0 spiro atoms. The highest BCUT2D eigenvalue weighted by Gasteiger charge is 2.53. The predicted molar refractivity (Wildman–Crippen MR) is 84.6 cm³/mol. The number of allylic oxidation sites excluding steroid dienone is 8. The normalized spacial score (nSPS) is 35.7. The number of rotatable bonds is 0. The van der Waals surface area contributed by atoms with Gasteiger partial charge in [-0.3, -0.25) is 4.79 Å².